The molecule has 0 bridgehead atoms. The summed E-state index contributed by atoms with van der Waals surface area (Å²) in [7, 11) is 0. The zero-order valence-electron chi connectivity index (χ0n) is 27.9. The molecular weight excluding hydrogens is 773 g/mol. The highest BCUT2D eigenvalue weighted by Crippen LogP contribution is 2.43. The van der Waals surface area contributed by atoms with Crippen molar-refractivity contribution in [3.8, 4) is 11.5 Å². The molecule has 2 fully saturated rings. The average Bonchev–Trinajstić information content (AvgIpc) is 3.75. The van der Waals surface area contributed by atoms with Crippen LogP contribution in [-0.2, 0) is 19.1 Å². The Bertz CT molecular complexity index is 1470. The summed E-state index contributed by atoms with van der Waals surface area (Å²) >= 11 is 37.7. The molecule has 274 valence electrons. The first kappa shape index (κ1) is 40.8. The van der Waals surface area contributed by atoms with Crippen LogP contribution < -0.4 is 9.47 Å². The van der Waals surface area contributed by atoms with E-state index < -0.39 is 46.5 Å². The molecule has 0 heterocycles. The van der Waals surface area contributed by atoms with Crippen molar-refractivity contribution in [1.82, 2.24) is 0 Å². The van der Waals surface area contributed by atoms with Crippen molar-refractivity contribution in [2.75, 3.05) is 13.2 Å². The highest BCUT2D eigenvalue weighted by atomic mass is 35.5. The number of unbranched alkanes of at least 4 members (excludes halogenated alkanes) is 2. The van der Waals surface area contributed by atoms with Gasteiger partial charge in [-0.3, -0.25) is 0 Å². The average molecular weight is 813 g/mol. The standard InChI is InChI=1S/C36H40Cl6O8/c1-3-5-7-19-9-11-21(13-19)17-47-33(43)27-29(41)23(37)15-25(39)31(27)49-35(45)36(46)50-32-26(40)16-24(38)30(42)28(32)34(44)48-18-22-12-10-20(14-22)8-6-4-2/h15-16,19-22H,3-14,17-18H2,1-2H3. The minimum Gasteiger partial charge on any atom is -0.462 e. The summed E-state index contributed by atoms with van der Waals surface area (Å²) in [5.41, 5.74) is -0.877. The van der Waals surface area contributed by atoms with Crippen LogP contribution in [0.2, 0.25) is 30.1 Å². The lowest BCUT2D eigenvalue weighted by Crippen LogP contribution is -2.27. The van der Waals surface area contributed by atoms with Crippen molar-refractivity contribution in [2.45, 2.75) is 90.9 Å². The molecule has 0 N–H and O–H groups in total. The lowest BCUT2D eigenvalue weighted by atomic mass is 9.99. The van der Waals surface area contributed by atoms with Crippen LogP contribution in [0.15, 0.2) is 12.1 Å². The molecule has 2 aliphatic rings. The van der Waals surface area contributed by atoms with Gasteiger partial charge in [0.05, 0.1) is 43.3 Å². The summed E-state index contributed by atoms with van der Waals surface area (Å²) in [6, 6.07) is 2.29. The molecule has 0 radical (unpaired) electrons. The first-order chi connectivity index (χ1) is 23.8. The van der Waals surface area contributed by atoms with E-state index in [0.29, 0.717) is 11.8 Å². The summed E-state index contributed by atoms with van der Waals surface area (Å²) in [5.74, 6) is -4.78. The quantitative estimate of drug-likeness (QED) is 0.0803. The van der Waals surface area contributed by atoms with Crippen molar-refractivity contribution in [3.63, 3.8) is 0 Å². The molecule has 50 heavy (non-hydrogen) atoms. The fraction of sp³-hybridized carbons (Fsp3) is 0.556. The monoisotopic (exact) mass is 810 g/mol. The second-order valence-corrected chi connectivity index (χ2v) is 15.5. The molecule has 0 aliphatic heterocycles. The van der Waals surface area contributed by atoms with E-state index in [1.54, 1.807) is 0 Å². The predicted molar refractivity (Wildman–Crippen MR) is 195 cm³/mol. The molecule has 4 unspecified atom stereocenters. The Hall–Kier alpha value is -1.94. The minimum absolute atomic E-state index is 0.105. The zero-order chi connectivity index (χ0) is 36.5. The van der Waals surface area contributed by atoms with Gasteiger partial charge in [-0.05, 0) is 61.5 Å². The number of benzene rings is 2. The van der Waals surface area contributed by atoms with Crippen molar-refractivity contribution < 1.29 is 38.1 Å². The van der Waals surface area contributed by atoms with Crippen molar-refractivity contribution in [2.24, 2.45) is 23.7 Å². The van der Waals surface area contributed by atoms with Crippen LogP contribution in [0.4, 0.5) is 0 Å². The van der Waals surface area contributed by atoms with Crippen molar-refractivity contribution in [1.29, 1.82) is 0 Å². The predicted octanol–water partition coefficient (Wildman–Crippen LogP) is 11.6. The maximum atomic E-state index is 13.3. The molecule has 2 aromatic carbocycles. The van der Waals surface area contributed by atoms with E-state index in [4.69, 9.17) is 88.6 Å². The summed E-state index contributed by atoms with van der Waals surface area (Å²) in [5, 5.41) is -1.39. The van der Waals surface area contributed by atoms with E-state index in [1.165, 1.54) is 0 Å². The molecule has 0 saturated heterocycles. The topological polar surface area (TPSA) is 105 Å². The molecule has 2 aromatic rings. The number of hydrogen-bond donors (Lipinski definition) is 0. The Balaban J connectivity index is 1.46. The van der Waals surface area contributed by atoms with E-state index in [1.807, 2.05) is 0 Å². The van der Waals surface area contributed by atoms with Gasteiger partial charge in [0, 0.05) is 0 Å². The number of carbonyl (C=O) groups excluding carboxylic acids is 4. The van der Waals surface area contributed by atoms with Gasteiger partial charge < -0.3 is 18.9 Å². The van der Waals surface area contributed by atoms with Crippen LogP contribution in [0.25, 0.3) is 0 Å². The third-order valence-corrected chi connectivity index (χ3v) is 11.5. The molecule has 2 saturated carbocycles. The molecule has 14 heteroatoms. The largest absolute Gasteiger partial charge is 0.462 e. The van der Waals surface area contributed by atoms with Gasteiger partial charge in [-0.25, -0.2) is 19.2 Å². The summed E-state index contributed by atoms with van der Waals surface area (Å²) in [6.45, 7) is 4.53. The Morgan fingerprint density at radius 2 is 0.940 bits per heavy atom. The fourth-order valence-electron chi connectivity index (χ4n) is 6.69. The van der Waals surface area contributed by atoms with Gasteiger partial charge in [0.15, 0.2) is 11.5 Å². The van der Waals surface area contributed by atoms with E-state index >= 15 is 0 Å². The van der Waals surface area contributed by atoms with Crippen molar-refractivity contribution in [3.05, 3.63) is 53.4 Å². The van der Waals surface area contributed by atoms with E-state index in [9.17, 15) is 19.2 Å². The third-order valence-electron chi connectivity index (χ3n) is 9.35. The van der Waals surface area contributed by atoms with Crippen LogP contribution in [-0.4, -0.2) is 37.1 Å². The van der Waals surface area contributed by atoms with Gasteiger partial charge in [-0.2, -0.15) is 0 Å². The van der Waals surface area contributed by atoms with Crippen LogP contribution in [0.3, 0.4) is 0 Å². The highest BCUT2D eigenvalue weighted by molar-refractivity contribution is 6.47. The Kier molecular flexibility index (Phi) is 15.7. The van der Waals surface area contributed by atoms with Crippen LogP contribution in [0.5, 0.6) is 11.5 Å². The van der Waals surface area contributed by atoms with Crippen LogP contribution in [0.1, 0.15) is 112 Å². The number of carbonyl (C=O) groups is 4. The lowest BCUT2D eigenvalue weighted by molar-refractivity contribution is -0.156. The Labute approximate surface area is 322 Å². The first-order valence-electron chi connectivity index (χ1n) is 17.0. The normalized spacial score (nSPS) is 20.1. The number of rotatable bonds is 14. The molecular formula is C36H40Cl6O8. The van der Waals surface area contributed by atoms with Crippen LogP contribution in [0, 0.1) is 23.7 Å². The lowest BCUT2D eigenvalue weighted by Gasteiger charge is -2.17. The summed E-state index contributed by atoms with van der Waals surface area (Å²) in [6.07, 6.45) is 12.6. The van der Waals surface area contributed by atoms with Gasteiger partial charge in [0.1, 0.15) is 11.1 Å². The molecule has 2 aliphatic carbocycles. The number of ether oxygens (including phenoxy) is 4. The summed E-state index contributed by atoms with van der Waals surface area (Å²) in [4.78, 5) is 52.7. The van der Waals surface area contributed by atoms with Gasteiger partial charge in [0.25, 0.3) is 0 Å². The summed E-state index contributed by atoms with van der Waals surface area (Å²) < 4.78 is 21.6. The minimum atomic E-state index is -1.63. The maximum absolute atomic E-state index is 13.3. The van der Waals surface area contributed by atoms with Crippen LogP contribution >= 0.6 is 69.6 Å². The second-order valence-electron chi connectivity index (χ2n) is 13.1. The smallest absolute Gasteiger partial charge is 0.423 e. The third kappa shape index (κ3) is 10.6. The first-order valence-corrected chi connectivity index (χ1v) is 19.2. The highest BCUT2D eigenvalue weighted by Gasteiger charge is 2.34. The van der Waals surface area contributed by atoms with E-state index in [2.05, 4.69) is 13.8 Å². The van der Waals surface area contributed by atoms with Crippen molar-refractivity contribution >= 4 is 93.5 Å². The number of hydrogen-bond acceptors (Lipinski definition) is 8. The molecule has 0 amide bonds. The molecule has 0 spiro atoms. The molecule has 4 atom stereocenters. The van der Waals surface area contributed by atoms with E-state index in [0.717, 1.165) is 89.2 Å². The maximum Gasteiger partial charge on any atom is 0.423 e. The zero-order valence-corrected chi connectivity index (χ0v) is 32.4. The Morgan fingerprint density at radius 3 is 1.30 bits per heavy atom. The van der Waals surface area contributed by atoms with Gasteiger partial charge in [-0.15, -0.1) is 0 Å². The molecule has 4 rings (SSSR count). The number of esters is 4. The van der Waals surface area contributed by atoms with Gasteiger partial charge in [0.2, 0.25) is 0 Å². The fourth-order valence-corrected chi connectivity index (χ4v) is 8.13. The van der Waals surface area contributed by atoms with Gasteiger partial charge in [-0.1, -0.05) is 135 Å². The van der Waals surface area contributed by atoms with E-state index in [-0.39, 0.29) is 55.2 Å². The van der Waals surface area contributed by atoms with Gasteiger partial charge >= 0.3 is 23.9 Å². The SMILES string of the molecule is CCCCC1CCC(COC(=O)c2c(Cl)c(Cl)cc(Cl)c2OC(=O)C(=O)Oc2c(Cl)cc(Cl)c(Cl)c2C(=O)OCC2CCC(CCCC)C2)C1. The second kappa shape index (κ2) is 19.2. The Morgan fingerprint density at radius 1 is 0.580 bits per heavy atom. The molecule has 8 nitrogen and oxygen atoms in total. The molecule has 0 aromatic heterocycles. The number of halogens is 6.